The van der Waals surface area contributed by atoms with Crippen molar-refractivity contribution in [3.05, 3.63) is 53.1 Å². The molecule has 3 heterocycles. The topological polar surface area (TPSA) is 44.6 Å². The summed E-state index contributed by atoms with van der Waals surface area (Å²) in [5.74, 6) is 0.720. The Morgan fingerprint density at radius 1 is 1.21 bits per heavy atom. The lowest BCUT2D eigenvalue weighted by atomic mass is 10.1. The number of imidazole rings is 1. The van der Waals surface area contributed by atoms with Gasteiger partial charge in [0.05, 0.1) is 5.69 Å². The van der Waals surface area contributed by atoms with Gasteiger partial charge in [0.15, 0.2) is 5.82 Å². The summed E-state index contributed by atoms with van der Waals surface area (Å²) in [4.78, 5) is 24.9. The monoisotopic (exact) mass is 395 g/mol. The van der Waals surface area contributed by atoms with Gasteiger partial charge >= 0.3 is 0 Å². The number of nitrogens with zero attached hydrogens (tertiary/aromatic N) is 5. The fourth-order valence-electron chi connectivity index (χ4n) is 4.63. The van der Waals surface area contributed by atoms with E-state index < -0.39 is 0 Å². The summed E-state index contributed by atoms with van der Waals surface area (Å²) in [7, 11) is 4.18. The Balaban J connectivity index is 1.55. The van der Waals surface area contributed by atoms with Gasteiger partial charge < -0.3 is 14.4 Å². The quantitative estimate of drug-likeness (QED) is 0.781. The van der Waals surface area contributed by atoms with Crippen LogP contribution in [0.2, 0.25) is 0 Å². The van der Waals surface area contributed by atoms with Crippen LogP contribution >= 0.6 is 0 Å². The maximum absolute atomic E-state index is 13.3. The van der Waals surface area contributed by atoms with Gasteiger partial charge in [0.25, 0.3) is 5.91 Å². The first-order valence-electron chi connectivity index (χ1n) is 10.8. The number of benzene rings is 1. The molecule has 0 spiro atoms. The highest BCUT2D eigenvalue weighted by molar-refractivity contribution is 5.91. The summed E-state index contributed by atoms with van der Waals surface area (Å²) >= 11 is 0. The van der Waals surface area contributed by atoms with Crippen molar-refractivity contribution in [3.63, 3.8) is 0 Å². The van der Waals surface area contributed by atoms with Crippen molar-refractivity contribution in [2.45, 2.75) is 51.9 Å². The van der Waals surface area contributed by atoms with Crippen molar-refractivity contribution in [3.8, 4) is 0 Å². The molecule has 156 valence electrons. The number of aromatic nitrogens is 2. The molecule has 6 heteroatoms. The third-order valence-corrected chi connectivity index (χ3v) is 6.27. The molecule has 1 aromatic carbocycles. The molecule has 1 saturated heterocycles. The van der Waals surface area contributed by atoms with Crippen LogP contribution in [0.15, 0.2) is 30.3 Å². The minimum absolute atomic E-state index is 0.0899. The van der Waals surface area contributed by atoms with E-state index in [2.05, 4.69) is 72.6 Å². The number of fused-ring (bicyclic) bond motifs is 1. The van der Waals surface area contributed by atoms with Crippen LogP contribution < -0.4 is 0 Å². The van der Waals surface area contributed by atoms with Crippen molar-refractivity contribution in [2.24, 2.45) is 0 Å². The van der Waals surface area contributed by atoms with E-state index >= 15 is 0 Å². The first kappa shape index (κ1) is 20.1. The molecule has 1 fully saturated rings. The normalized spacial score (nSPS) is 19.9. The van der Waals surface area contributed by atoms with E-state index in [4.69, 9.17) is 4.98 Å². The predicted molar refractivity (Wildman–Crippen MR) is 115 cm³/mol. The number of carbonyl (C=O) groups is 1. The lowest BCUT2D eigenvalue weighted by Crippen LogP contribution is -2.36. The van der Waals surface area contributed by atoms with Gasteiger partial charge in [0.2, 0.25) is 0 Å². The number of likely N-dealkylation sites (N-methyl/N-ethyl adjacent to an activating group) is 1. The molecule has 0 bridgehead atoms. The second-order valence-corrected chi connectivity index (χ2v) is 8.90. The smallest absolute Gasteiger partial charge is 0.289 e. The molecule has 1 unspecified atom stereocenters. The highest BCUT2D eigenvalue weighted by atomic mass is 16.2. The molecular weight excluding hydrogens is 362 g/mol. The minimum Gasteiger partial charge on any atom is -0.334 e. The summed E-state index contributed by atoms with van der Waals surface area (Å²) in [6.45, 7) is 8.65. The third-order valence-electron chi connectivity index (χ3n) is 6.27. The Kier molecular flexibility index (Phi) is 5.74. The number of hydrogen-bond acceptors (Lipinski definition) is 4. The molecule has 4 rings (SSSR count). The summed E-state index contributed by atoms with van der Waals surface area (Å²) in [5.41, 5.74) is 3.64. The average Bonchev–Trinajstić information content (AvgIpc) is 3.33. The number of rotatable bonds is 5. The van der Waals surface area contributed by atoms with E-state index in [0.717, 1.165) is 51.3 Å². The van der Waals surface area contributed by atoms with Gasteiger partial charge in [-0.1, -0.05) is 30.3 Å². The molecule has 1 aromatic heterocycles. The molecule has 1 amide bonds. The maximum atomic E-state index is 13.3. The van der Waals surface area contributed by atoms with Gasteiger partial charge in [0, 0.05) is 56.9 Å². The molecule has 0 aliphatic carbocycles. The summed E-state index contributed by atoms with van der Waals surface area (Å²) in [5, 5.41) is 0. The zero-order valence-electron chi connectivity index (χ0n) is 18.1. The predicted octanol–water partition coefficient (Wildman–Crippen LogP) is 2.80. The Morgan fingerprint density at radius 3 is 2.62 bits per heavy atom. The van der Waals surface area contributed by atoms with Gasteiger partial charge in [-0.2, -0.15) is 0 Å². The van der Waals surface area contributed by atoms with Crippen LogP contribution in [0.3, 0.4) is 0 Å². The van der Waals surface area contributed by atoms with Gasteiger partial charge in [-0.3, -0.25) is 9.69 Å². The second-order valence-electron chi connectivity index (χ2n) is 8.90. The fraction of sp³-hybridized carbons (Fsp3) is 0.565. The molecule has 2 aromatic rings. The third kappa shape index (κ3) is 4.09. The Bertz CT molecular complexity index is 858. The van der Waals surface area contributed by atoms with E-state index in [1.54, 1.807) is 0 Å². The van der Waals surface area contributed by atoms with Crippen LogP contribution in [0.4, 0.5) is 0 Å². The van der Waals surface area contributed by atoms with Crippen LogP contribution in [0.1, 0.15) is 53.9 Å². The standard InChI is InChI=1S/C23H33N5O/c1-17(2)28-21-11-12-26(14-18-8-6-5-7-9-18)16-20(21)24-22(28)23(29)27-13-10-19(15-27)25(3)4/h5-9,17,19H,10-16H2,1-4H3. The van der Waals surface area contributed by atoms with Gasteiger partial charge in [0.1, 0.15) is 0 Å². The zero-order chi connectivity index (χ0) is 20.5. The SMILES string of the molecule is CC(C)n1c(C(=O)N2CCC(N(C)C)C2)nc2c1CCN(Cc1ccccc1)C2. The molecule has 2 aliphatic rings. The molecule has 1 atom stereocenters. The lowest BCUT2D eigenvalue weighted by Gasteiger charge is -2.27. The second kappa shape index (κ2) is 8.28. The first-order valence-corrected chi connectivity index (χ1v) is 10.8. The first-order chi connectivity index (χ1) is 13.9. The van der Waals surface area contributed by atoms with Crippen LogP contribution in [0.5, 0.6) is 0 Å². The fourth-order valence-corrected chi connectivity index (χ4v) is 4.63. The highest BCUT2D eigenvalue weighted by Crippen LogP contribution is 2.27. The number of hydrogen-bond donors (Lipinski definition) is 0. The summed E-state index contributed by atoms with van der Waals surface area (Å²) in [6, 6.07) is 11.3. The average molecular weight is 396 g/mol. The van der Waals surface area contributed by atoms with Gasteiger partial charge in [-0.05, 0) is 39.9 Å². The number of amides is 1. The van der Waals surface area contributed by atoms with E-state index in [0.29, 0.717) is 11.9 Å². The number of carbonyl (C=O) groups excluding carboxylic acids is 1. The number of likely N-dealkylation sites (tertiary alicyclic amines) is 1. The summed E-state index contributed by atoms with van der Waals surface area (Å²) in [6.07, 6.45) is 1.98. The largest absolute Gasteiger partial charge is 0.334 e. The van der Waals surface area contributed by atoms with E-state index in [9.17, 15) is 4.79 Å². The van der Waals surface area contributed by atoms with Crippen molar-refractivity contribution in [2.75, 3.05) is 33.7 Å². The van der Waals surface area contributed by atoms with Crippen molar-refractivity contribution < 1.29 is 4.79 Å². The molecule has 0 radical (unpaired) electrons. The maximum Gasteiger partial charge on any atom is 0.289 e. The van der Waals surface area contributed by atoms with E-state index in [-0.39, 0.29) is 11.9 Å². The Hall–Kier alpha value is -2.18. The molecule has 6 nitrogen and oxygen atoms in total. The molecule has 0 saturated carbocycles. The van der Waals surface area contributed by atoms with E-state index in [1.165, 1.54) is 11.3 Å². The summed E-state index contributed by atoms with van der Waals surface area (Å²) < 4.78 is 2.19. The Labute approximate surface area is 174 Å². The highest BCUT2D eigenvalue weighted by Gasteiger charge is 2.33. The van der Waals surface area contributed by atoms with Crippen LogP contribution in [-0.2, 0) is 19.5 Å². The van der Waals surface area contributed by atoms with Crippen LogP contribution in [0.25, 0.3) is 0 Å². The molecule has 29 heavy (non-hydrogen) atoms. The Morgan fingerprint density at radius 2 is 1.97 bits per heavy atom. The minimum atomic E-state index is 0.0899. The van der Waals surface area contributed by atoms with Crippen LogP contribution in [-0.4, -0.2) is 69.9 Å². The lowest BCUT2D eigenvalue weighted by molar-refractivity contribution is 0.0764. The van der Waals surface area contributed by atoms with Crippen molar-refractivity contribution >= 4 is 5.91 Å². The van der Waals surface area contributed by atoms with Gasteiger partial charge in [-0.25, -0.2) is 4.98 Å². The van der Waals surface area contributed by atoms with Gasteiger partial charge in [-0.15, -0.1) is 0 Å². The molecular formula is C23H33N5O. The van der Waals surface area contributed by atoms with Crippen LogP contribution in [0, 0.1) is 0 Å². The van der Waals surface area contributed by atoms with Crippen molar-refractivity contribution in [1.29, 1.82) is 0 Å². The van der Waals surface area contributed by atoms with E-state index in [1.807, 2.05) is 4.90 Å². The molecule has 0 N–H and O–H groups in total. The zero-order valence-corrected chi connectivity index (χ0v) is 18.1. The molecule has 2 aliphatic heterocycles. The van der Waals surface area contributed by atoms with Crippen molar-refractivity contribution in [1.82, 2.24) is 24.3 Å².